The van der Waals surface area contributed by atoms with Crippen molar-refractivity contribution in [1.82, 2.24) is 9.80 Å². The minimum Gasteiger partial charge on any atom is -0.368 e. The Morgan fingerprint density at radius 3 is 2.10 bits per heavy atom. The molecule has 162 valence electrons. The van der Waals surface area contributed by atoms with Gasteiger partial charge in [-0.25, -0.2) is 4.39 Å². The number of anilines is 1. The number of nitrogens with zero attached hydrogens (tertiary/aromatic N) is 3. The summed E-state index contributed by atoms with van der Waals surface area (Å²) in [4.78, 5) is 44.3. The first-order chi connectivity index (χ1) is 15.0. The lowest BCUT2D eigenvalue weighted by Crippen LogP contribution is -2.56. The third kappa shape index (κ3) is 4.17. The highest BCUT2D eigenvalue weighted by Gasteiger charge is 2.43. The van der Waals surface area contributed by atoms with Gasteiger partial charge in [0.15, 0.2) is 0 Å². The summed E-state index contributed by atoms with van der Waals surface area (Å²) in [6.07, 6.45) is 2.36. The van der Waals surface area contributed by atoms with Gasteiger partial charge in [0, 0.05) is 31.9 Å². The topological polar surface area (TPSA) is 60.9 Å². The van der Waals surface area contributed by atoms with Gasteiger partial charge in [0.2, 0.25) is 5.91 Å². The van der Waals surface area contributed by atoms with Crippen LogP contribution in [-0.4, -0.2) is 71.8 Å². The van der Waals surface area contributed by atoms with Crippen LogP contribution in [-0.2, 0) is 4.79 Å². The number of imide groups is 1. The molecule has 2 aromatic carbocycles. The second-order valence-corrected chi connectivity index (χ2v) is 8.60. The summed E-state index contributed by atoms with van der Waals surface area (Å²) in [5.41, 5.74) is 1.62. The fourth-order valence-corrected chi connectivity index (χ4v) is 4.59. The van der Waals surface area contributed by atoms with Gasteiger partial charge in [-0.15, -0.1) is 0 Å². The van der Waals surface area contributed by atoms with E-state index in [-0.39, 0.29) is 11.7 Å². The molecule has 0 aromatic heterocycles. The lowest BCUT2D eigenvalue weighted by atomic mass is 10.1. The first-order valence-corrected chi connectivity index (χ1v) is 11.7. The van der Waals surface area contributed by atoms with Gasteiger partial charge in [0.25, 0.3) is 11.8 Å². The van der Waals surface area contributed by atoms with E-state index in [0.29, 0.717) is 49.5 Å². The Labute approximate surface area is 185 Å². The number of halogens is 1. The van der Waals surface area contributed by atoms with Crippen LogP contribution in [0, 0.1) is 5.82 Å². The Hall–Kier alpha value is -2.87. The van der Waals surface area contributed by atoms with Crippen LogP contribution in [0.25, 0.3) is 0 Å². The van der Waals surface area contributed by atoms with Crippen molar-refractivity contribution in [3.05, 3.63) is 65.5 Å². The van der Waals surface area contributed by atoms with Crippen molar-refractivity contribution in [3.63, 3.8) is 0 Å². The number of fused-ring (bicyclic) bond motifs is 1. The number of piperazine rings is 1. The lowest BCUT2D eigenvalue weighted by Gasteiger charge is -2.38. The molecule has 0 saturated carbocycles. The van der Waals surface area contributed by atoms with Crippen LogP contribution in [0.5, 0.6) is 0 Å². The summed E-state index contributed by atoms with van der Waals surface area (Å²) >= 11 is 1.58. The maximum absolute atomic E-state index is 13.4. The molecule has 0 spiro atoms. The number of benzene rings is 2. The van der Waals surface area contributed by atoms with E-state index in [1.54, 1.807) is 53.1 Å². The SMILES string of the molecule is CSCC[C@H](C(=O)N1CCN(c2ccc(F)cc2)CC1)N1C(=O)c2ccccc2C1=O. The van der Waals surface area contributed by atoms with E-state index in [1.165, 1.54) is 12.1 Å². The molecule has 3 amide bonds. The zero-order chi connectivity index (χ0) is 22.0. The zero-order valence-electron chi connectivity index (χ0n) is 17.3. The summed E-state index contributed by atoms with van der Waals surface area (Å²) in [6.45, 7) is 2.17. The molecule has 0 bridgehead atoms. The number of amides is 3. The lowest BCUT2D eigenvalue weighted by molar-refractivity contribution is -0.135. The Kier molecular flexibility index (Phi) is 6.27. The minimum absolute atomic E-state index is 0.192. The molecule has 31 heavy (non-hydrogen) atoms. The number of thioether (sulfide) groups is 1. The normalized spacial score (nSPS) is 17.2. The number of hydrogen-bond donors (Lipinski definition) is 0. The molecule has 0 unspecified atom stereocenters. The first-order valence-electron chi connectivity index (χ1n) is 10.3. The van der Waals surface area contributed by atoms with Gasteiger partial charge in [-0.05, 0) is 54.8 Å². The fourth-order valence-electron chi connectivity index (χ4n) is 4.13. The van der Waals surface area contributed by atoms with Gasteiger partial charge in [-0.3, -0.25) is 19.3 Å². The molecule has 8 heteroatoms. The van der Waals surface area contributed by atoms with Crippen molar-refractivity contribution in [1.29, 1.82) is 0 Å². The maximum Gasteiger partial charge on any atom is 0.262 e. The van der Waals surface area contributed by atoms with E-state index in [2.05, 4.69) is 4.90 Å². The predicted octanol–water partition coefficient (Wildman–Crippen LogP) is 2.89. The van der Waals surface area contributed by atoms with Crippen molar-refractivity contribution in [2.24, 2.45) is 0 Å². The smallest absolute Gasteiger partial charge is 0.262 e. The van der Waals surface area contributed by atoms with Crippen LogP contribution in [0.4, 0.5) is 10.1 Å². The van der Waals surface area contributed by atoms with Gasteiger partial charge in [-0.2, -0.15) is 11.8 Å². The predicted molar refractivity (Wildman–Crippen MR) is 119 cm³/mol. The van der Waals surface area contributed by atoms with E-state index in [9.17, 15) is 18.8 Å². The maximum atomic E-state index is 13.4. The molecule has 0 radical (unpaired) electrons. The number of carbonyl (C=O) groups excluding carboxylic acids is 3. The Morgan fingerprint density at radius 2 is 1.55 bits per heavy atom. The van der Waals surface area contributed by atoms with Crippen LogP contribution in [0.15, 0.2) is 48.5 Å². The molecular formula is C23H24FN3O3S. The third-order valence-corrected chi connectivity index (χ3v) is 6.44. The highest BCUT2D eigenvalue weighted by molar-refractivity contribution is 7.98. The molecule has 2 heterocycles. The molecule has 1 atom stereocenters. The first kappa shape index (κ1) is 21.4. The summed E-state index contributed by atoms with van der Waals surface area (Å²) in [7, 11) is 0. The van der Waals surface area contributed by atoms with Crippen LogP contribution < -0.4 is 4.90 Å². The molecule has 1 saturated heterocycles. The van der Waals surface area contributed by atoms with E-state index >= 15 is 0 Å². The van der Waals surface area contributed by atoms with E-state index < -0.39 is 17.9 Å². The second-order valence-electron chi connectivity index (χ2n) is 7.61. The monoisotopic (exact) mass is 441 g/mol. The van der Waals surface area contributed by atoms with Gasteiger partial charge in [-0.1, -0.05) is 12.1 Å². The Balaban J connectivity index is 1.49. The van der Waals surface area contributed by atoms with Gasteiger partial charge in [0.1, 0.15) is 11.9 Å². The molecule has 1 fully saturated rings. The van der Waals surface area contributed by atoms with Crippen LogP contribution in [0.1, 0.15) is 27.1 Å². The molecule has 2 aliphatic rings. The Morgan fingerprint density at radius 1 is 0.968 bits per heavy atom. The molecule has 2 aliphatic heterocycles. The van der Waals surface area contributed by atoms with Crippen molar-refractivity contribution in [3.8, 4) is 0 Å². The summed E-state index contributed by atoms with van der Waals surface area (Å²) in [5, 5.41) is 0. The van der Waals surface area contributed by atoms with Crippen molar-refractivity contribution >= 4 is 35.2 Å². The Bertz CT molecular complexity index is 955. The summed E-state index contributed by atoms with van der Waals surface area (Å²) < 4.78 is 13.2. The molecule has 4 rings (SSSR count). The average molecular weight is 442 g/mol. The standard InChI is InChI=1S/C23H24FN3O3S/c1-31-15-10-20(27-21(28)18-4-2-3-5-19(18)22(27)29)23(30)26-13-11-25(12-14-26)17-8-6-16(24)7-9-17/h2-9,20H,10-15H2,1H3/t20-/m1/s1. The molecule has 0 N–H and O–H groups in total. The zero-order valence-corrected chi connectivity index (χ0v) is 18.1. The highest BCUT2D eigenvalue weighted by Crippen LogP contribution is 2.27. The third-order valence-electron chi connectivity index (χ3n) is 5.80. The van der Waals surface area contributed by atoms with Crippen LogP contribution in [0.3, 0.4) is 0 Å². The van der Waals surface area contributed by atoms with Gasteiger partial charge < -0.3 is 9.80 Å². The number of rotatable bonds is 6. The van der Waals surface area contributed by atoms with Crippen molar-refractivity contribution in [2.45, 2.75) is 12.5 Å². The quantitative estimate of drug-likeness (QED) is 0.645. The second kappa shape index (κ2) is 9.09. The van der Waals surface area contributed by atoms with E-state index in [4.69, 9.17) is 0 Å². The summed E-state index contributed by atoms with van der Waals surface area (Å²) in [5.74, 6) is -0.605. The van der Waals surface area contributed by atoms with Crippen molar-refractivity contribution in [2.75, 3.05) is 43.1 Å². The average Bonchev–Trinajstić information content (AvgIpc) is 3.05. The van der Waals surface area contributed by atoms with Gasteiger partial charge >= 0.3 is 0 Å². The van der Waals surface area contributed by atoms with Crippen LogP contribution >= 0.6 is 11.8 Å². The molecule has 0 aliphatic carbocycles. The van der Waals surface area contributed by atoms with E-state index in [1.807, 2.05) is 6.26 Å². The number of carbonyl (C=O) groups is 3. The number of hydrogen-bond acceptors (Lipinski definition) is 5. The van der Waals surface area contributed by atoms with Crippen molar-refractivity contribution < 1.29 is 18.8 Å². The molecule has 6 nitrogen and oxygen atoms in total. The van der Waals surface area contributed by atoms with Crippen LogP contribution in [0.2, 0.25) is 0 Å². The largest absolute Gasteiger partial charge is 0.368 e. The fraction of sp³-hybridized carbons (Fsp3) is 0.348. The molecular weight excluding hydrogens is 417 g/mol. The molecule has 2 aromatic rings. The van der Waals surface area contributed by atoms with Gasteiger partial charge in [0.05, 0.1) is 11.1 Å². The minimum atomic E-state index is -0.808. The highest BCUT2D eigenvalue weighted by atomic mass is 32.2. The van der Waals surface area contributed by atoms with E-state index in [0.717, 1.165) is 10.6 Å². The summed E-state index contributed by atoms with van der Waals surface area (Å²) in [6, 6.07) is 12.2.